The van der Waals surface area contributed by atoms with E-state index < -0.39 is 0 Å². The molecule has 174 valence electrons. The van der Waals surface area contributed by atoms with Crippen molar-refractivity contribution in [2.24, 2.45) is 0 Å². The summed E-state index contributed by atoms with van der Waals surface area (Å²) < 4.78 is 8.02. The van der Waals surface area contributed by atoms with Crippen molar-refractivity contribution in [3.05, 3.63) is 53.3 Å². The van der Waals surface area contributed by atoms with E-state index in [1.165, 1.54) is 6.07 Å². The third-order valence-electron chi connectivity index (χ3n) is 6.56. The zero-order valence-corrected chi connectivity index (χ0v) is 18.9. The van der Waals surface area contributed by atoms with Gasteiger partial charge in [0, 0.05) is 66.1 Å². The molecule has 3 aromatic heterocycles. The summed E-state index contributed by atoms with van der Waals surface area (Å²) in [6.45, 7) is 4.79. The summed E-state index contributed by atoms with van der Waals surface area (Å²) in [4.78, 5) is 29.1. The third-order valence-corrected chi connectivity index (χ3v) is 6.56. The fourth-order valence-electron chi connectivity index (χ4n) is 4.63. The summed E-state index contributed by atoms with van der Waals surface area (Å²) in [5, 5.41) is 14.8. The van der Waals surface area contributed by atoms with Crippen molar-refractivity contribution in [2.75, 3.05) is 18.8 Å². The first-order chi connectivity index (χ1) is 16.3. The lowest BCUT2D eigenvalue weighted by Gasteiger charge is -2.31. The van der Waals surface area contributed by atoms with Gasteiger partial charge in [0.2, 0.25) is 5.91 Å². The van der Waals surface area contributed by atoms with Crippen LogP contribution in [0.3, 0.4) is 0 Å². The number of piperidine rings is 1. The predicted molar refractivity (Wildman–Crippen MR) is 125 cm³/mol. The van der Waals surface area contributed by atoms with Gasteiger partial charge in [-0.1, -0.05) is 12.1 Å². The van der Waals surface area contributed by atoms with Crippen molar-refractivity contribution in [3.8, 4) is 22.5 Å². The van der Waals surface area contributed by atoms with E-state index in [2.05, 4.69) is 10.1 Å². The minimum absolute atomic E-state index is 0.105. The van der Waals surface area contributed by atoms with Crippen LogP contribution in [-0.2, 0) is 4.79 Å². The number of aromatic nitrogens is 3. The average Bonchev–Trinajstić information content (AvgIpc) is 3.48. The van der Waals surface area contributed by atoms with Gasteiger partial charge in [0.25, 0.3) is 4.92 Å². The Labute approximate surface area is 195 Å². The maximum atomic E-state index is 11.6. The van der Waals surface area contributed by atoms with Gasteiger partial charge in [-0.3, -0.25) is 9.48 Å². The molecule has 1 aliphatic heterocycles. The van der Waals surface area contributed by atoms with Crippen molar-refractivity contribution >= 4 is 28.4 Å². The zero-order chi connectivity index (χ0) is 24.0. The van der Waals surface area contributed by atoms with E-state index in [0.717, 1.165) is 42.4 Å². The molecule has 0 spiro atoms. The van der Waals surface area contributed by atoms with Crippen molar-refractivity contribution in [1.29, 1.82) is 0 Å². The van der Waals surface area contributed by atoms with Gasteiger partial charge in [0.15, 0.2) is 11.4 Å². The summed E-state index contributed by atoms with van der Waals surface area (Å²) in [5.41, 5.74) is 9.66. The first kappa shape index (κ1) is 21.6. The minimum Gasteiger partial charge on any atom is -0.452 e. The Morgan fingerprint density at radius 2 is 2.00 bits per heavy atom. The molecule has 0 radical (unpaired) electrons. The highest BCUT2D eigenvalue weighted by molar-refractivity contribution is 6.00. The Kier molecular flexibility index (Phi) is 5.27. The number of fused-ring (bicyclic) bond motifs is 1. The zero-order valence-electron chi connectivity index (χ0n) is 18.9. The van der Waals surface area contributed by atoms with Crippen LogP contribution in [0, 0.1) is 11.8 Å². The van der Waals surface area contributed by atoms with Crippen molar-refractivity contribution < 1.29 is 19.3 Å². The Morgan fingerprint density at radius 1 is 1.24 bits per heavy atom. The lowest BCUT2D eigenvalue weighted by atomic mass is 10.0. The number of nitrogen functional groups attached to an aromatic ring is 1. The Hall–Kier alpha value is -4.21. The molecule has 1 aromatic carbocycles. The molecule has 5 rings (SSSR count). The molecule has 34 heavy (non-hydrogen) atoms. The average molecular weight is 462 g/mol. The highest BCUT2D eigenvalue weighted by atomic mass is 16.6. The number of amides is 1. The number of pyridine rings is 1. The van der Waals surface area contributed by atoms with Crippen molar-refractivity contribution in [2.45, 2.75) is 32.7 Å². The molecule has 1 saturated heterocycles. The van der Waals surface area contributed by atoms with Crippen LogP contribution in [0.1, 0.15) is 31.4 Å². The van der Waals surface area contributed by atoms with Gasteiger partial charge in [-0.15, -0.1) is 0 Å². The first-order valence-corrected chi connectivity index (χ1v) is 11.1. The second-order valence-corrected chi connectivity index (χ2v) is 8.58. The molecule has 10 heteroatoms. The maximum absolute atomic E-state index is 11.6. The number of hydrogen-bond donors (Lipinski definition) is 2. The van der Waals surface area contributed by atoms with Crippen LogP contribution < -0.4 is 5.73 Å². The molecule has 4 aromatic rings. The minimum atomic E-state index is -0.155. The monoisotopic (exact) mass is 461 g/mol. The molecule has 0 atom stereocenters. The van der Waals surface area contributed by atoms with Crippen LogP contribution in [0.2, 0.25) is 0 Å². The summed E-state index contributed by atoms with van der Waals surface area (Å²) in [7, 11) is 0. The molecule has 0 aliphatic carbocycles. The molecular weight excluding hydrogens is 436 g/mol. The van der Waals surface area contributed by atoms with Crippen molar-refractivity contribution in [1.82, 2.24) is 19.7 Å². The number of hydrogen-bond acceptors (Lipinski definition) is 6. The fraction of sp³-hybridized carbons (Fsp3) is 0.292. The maximum Gasteiger partial charge on any atom is 0.320 e. The SMILES string of the molecule is CC(=O)N1CCC(n2cc(-c3cnc(N)c4oc(-c5cccc([N+](=O)O)c5C)cc34)cn2)CC1. The quantitative estimate of drug-likeness (QED) is 0.435. The summed E-state index contributed by atoms with van der Waals surface area (Å²) in [6, 6.07) is 7.11. The standard InChI is InChI=1S/C24H25N6O4/c1-14-18(4-3-5-21(14)30(32)33)22-10-19-20(12-26-24(25)23(19)34-22)16-11-27-29(13-16)17-6-8-28(9-7-17)15(2)31/h3-5,10-13,17H,6-9H2,1-2H3,(H2,25,26)(H,32,33)/q+1. The van der Waals surface area contributed by atoms with Gasteiger partial charge in [0.05, 0.1) is 17.1 Å². The van der Waals surface area contributed by atoms with E-state index >= 15 is 0 Å². The van der Waals surface area contributed by atoms with E-state index in [9.17, 15) is 14.9 Å². The van der Waals surface area contributed by atoms with Gasteiger partial charge in [0.1, 0.15) is 5.76 Å². The summed E-state index contributed by atoms with van der Waals surface area (Å²) >= 11 is 0. The van der Waals surface area contributed by atoms with E-state index in [0.29, 0.717) is 22.5 Å². The fourth-order valence-corrected chi connectivity index (χ4v) is 4.63. The second kappa shape index (κ2) is 8.29. The predicted octanol–water partition coefficient (Wildman–Crippen LogP) is 4.23. The van der Waals surface area contributed by atoms with Crippen LogP contribution in [0.25, 0.3) is 33.4 Å². The second-order valence-electron chi connectivity index (χ2n) is 8.58. The van der Waals surface area contributed by atoms with Crippen LogP contribution in [0.15, 0.2) is 47.3 Å². The van der Waals surface area contributed by atoms with Crippen LogP contribution in [-0.4, -0.2) is 48.8 Å². The lowest BCUT2D eigenvalue weighted by molar-refractivity contribution is -0.730. The van der Waals surface area contributed by atoms with Crippen LogP contribution in [0.4, 0.5) is 11.5 Å². The lowest BCUT2D eigenvalue weighted by Crippen LogP contribution is -2.37. The number of nitrogens with zero attached hydrogens (tertiary/aromatic N) is 5. The Morgan fingerprint density at radius 3 is 2.71 bits per heavy atom. The molecule has 0 unspecified atom stereocenters. The molecule has 1 fully saturated rings. The first-order valence-electron chi connectivity index (χ1n) is 11.1. The van der Waals surface area contributed by atoms with Crippen LogP contribution in [0.5, 0.6) is 0 Å². The van der Waals surface area contributed by atoms with Gasteiger partial charge >= 0.3 is 5.69 Å². The molecule has 0 bridgehead atoms. The summed E-state index contributed by atoms with van der Waals surface area (Å²) in [5.74, 6) is 0.880. The number of carbonyl (C=O) groups excluding carboxylic acids is 1. The highest BCUT2D eigenvalue weighted by Crippen LogP contribution is 2.39. The molecule has 0 saturated carbocycles. The third kappa shape index (κ3) is 3.66. The number of nitrogens with two attached hydrogens (primary N) is 1. The number of anilines is 1. The molecule has 1 amide bonds. The number of likely N-dealkylation sites (tertiary alicyclic amines) is 1. The van der Waals surface area contributed by atoms with Gasteiger partial charge in [-0.25, -0.2) is 10.2 Å². The van der Waals surface area contributed by atoms with Gasteiger partial charge in [-0.2, -0.15) is 5.10 Å². The molecule has 4 heterocycles. The largest absolute Gasteiger partial charge is 0.452 e. The normalized spacial score (nSPS) is 14.6. The highest BCUT2D eigenvalue weighted by Gasteiger charge is 2.24. The van der Waals surface area contributed by atoms with Crippen molar-refractivity contribution in [3.63, 3.8) is 0 Å². The number of rotatable bonds is 4. The number of benzene rings is 1. The smallest absolute Gasteiger partial charge is 0.320 e. The van der Waals surface area contributed by atoms with E-state index in [-0.39, 0.29) is 28.4 Å². The summed E-state index contributed by atoms with van der Waals surface area (Å²) in [6.07, 6.45) is 7.18. The van der Waals surface area contributed by atoms with Gasteiger partial charge in [-0.05, 0) is 25.8 Å². The Balaban J connectivity index is 1.51. The molecule has 10 nitrogen and oxygen atoms in total. The molecule has 1 aliphatic rings. The molecule has 3 N–H and O–H groups in total. The van der Waals surface area contributed by atoms with E-state index in [1.54, 1.807) is 32.3 Å². The topological polar surface area (TPSA) is 130 Å². The number of carbonyl (C=O) groups is 1. The Bertz CT molecular complexity index is 1410. The van der Waals surface area contributed by atoms with E-state index in [1.807, 2.05) is 27.9 Å². The van der Waals surface area contributed by atoms with Crippen LogP contribution >= 0.6 is 0 Å². The van der Waals surface area contributed by atoms with Gasteiger partial charge < -0.3 is 15.1 Å². The molecular formula is C24H25N6O4+. The van der Waals surface area contributed by atoms with E-state index in [4.69, 9.17) is 10.2 Å². The number of furan rings is 1.